The first kappa shape index (κ1) is 17.4. The second-order valence-electron chi connectivity index (χ2n) is 7.35. The average Bonchev–Trinajstić information content (AvgIpc) is 2.84. The summed E-state index contributed by atoms with van der Waals surface area (Å²) in [5.41, 5.74) is 2.40. The van der Waals surface area contributed by atoms with E-state index in [1.165, 1.54) is 11.1 Å². The van der Waals surface area contributed by atoms with Gasteiger partial charge in [-0.15, -0.1) is 0 Å². The normalized spacial score (nSPS) is 26.6. The van der Waals surface area contributed by atoms with E-state index in [1.54, 1.807) is 0 Å². The van der Waals surface area contributed by atoms with Crippen molar-refractivity contribution in [3.8, 4) is 0 Å². The monoisotopic (exact) mass is 350 g/mol. The van der Waals surface area contributed by atoms with E-state index in [0.717, 1.165) is 13.1 Å². The average molecular weight is 350 g/mol. The van der Waals surface area contributed by atoms with Crippen LogP contribution in [0, 0.1) is 12.8 Å². The fraction of sp³-hybridized carbons (Fsp3) is 0.611. The van der Waals surface area contributed by atoms with Gasteiger partial charge in [-0.05, 0) is 12.5 Å². The second-order valence-corrected chi connectivity index (χ2v) is 9.51. The molecular weight excluding hydrogens is 324 g/mol. The van der Waals surface area contributed by atoms with Crippen LogP contribution in [0.3, 0.4) is 0 Å². The molecule has 0 bridgehead atoms. The Morgan fingerprint density at radius 2 is 1.75 bits per heavy atom. The van der Waals surface area contributed by atoms with E-state index in [4.69, 9.17) is 0 Å². The van der Waals surface area contributed by atoms with Crippen molar-refractivity contribution in [2.24, 2.45) is 5.92 Å². The molecule has 2 heterocycles. The smallest absolute Gasteiger partial charge is 0.225 e. The third kappa shape index (κ3) is 3.49. The zero-order valence-electron chi connectivity index (χ0n) is 14.6. The molecule has 2 unspecified atom stereocenters. The minimum absolute atomic E-state index is 0.0667. The maximum Gasteiger partial charge on any atom is 0.225 e. The lowest BCUT2D eigenvalue weighted by atomic mass is 10.0. The Labute approximate surface area is 144 Å². The van der Waals surface area contributed by atoms with Crippen LogP contribution in [-0.4, -0.2) is 60.8 Å². The summed E-state index contributed by atoms with van der Waals surface area (Å²) in [5, 5.41) is 0. The van der Waals surface area contributed by atoms with Crippen molar-refractivity contribution >= 4 is 15.7 Å². The van der Waals surface area contributed by atoms with Crippen molar-refractivity contribution in [2.45, 2.75) is 39.4 Å². The standard InChI is InChI=1S/C18H26N2O3S/c1-13(2)18(21)20-9-8-19(10-15-6-4-14(3)5-7-15)16-11-24(22,23)12-17(16)20/h4-7,13,16-17H,8-12H2,1-3H3. The number of fused-ring (bicyclic) bond motifs is 1. The topological polar surface area (TPSA) is 57.7 Å². The molecule has 0 aliphatic carbocycles. The minimum Gasteiger partial charge on any atom is -0.336 e. The van der Waals surface area contributed by atoms with Crippen molar-refractivity contribution in [2.75, 3.05) is 24.6 Å². The summed E-state index contributed by atoms with van der Waals surface area (Å²) in [4.78, 5) is 16.5. The summed E-state index contributed by atoms with van der Waals surface area (Å²) in [7, 11) is -3.09. The largest absolute Gasteiger partial charge is 0.336 e. The van der Waals surface area contributed by atoms with Crippen LogP contribution in [0.15, 0.2) is 24.3 Å². The molecule has 1 amide bonds. The molecule has 0 N–H and O–H groups in total. The molecule has 132 valence electrons. The number of nitrogens with zero attached hydrogens (tertiary/aromatic N) is 2. The lowest BCUT2D eigenvalue weighted by molar-refractivity contribution is -0.140. The lowest BCUT2D eigenvalue weighted by Crippen LogP contribution is -2.60. The SMILES string of the molecule is Cc1ccc(CN2CCN(C(=O)C(C)C)C3CS(=O)(=O)CC32)cc1. The van der Waals surface area contributed by atoms with E-state index in [1.807, 2.05) is 18.7 Å². The summed E-state index contributed by atoms with van der Waals surface area (Å²) < 4.78 is 24.4. The van der Waals surface area contributed by atoms with Gasteiger partial charge < -0.3 is 4.90 Å². The zero-order chi connectivity index (χ0) is 17.5. The van der Waals surface area contributed by atoms with Crippen LogP contribution in [-0.2, 0) is 21.2 Å². The van der Waals surface area contributed by atoms with Gasteiger partial charge in [0.2, 0.25) is 5.91 Å². The number of hydrogen-bond donors (Lipinski definition) is 0. The van der Waals surface area contributed by atoms with Crippen molar-refractivity contribution in [3.05, 3.63) is 35.4 Å². The van der Waals surface area contributed by atoms with Crippen molar-refractivity contribution in [3.63, 3.8) is 0 Å². The molecule has 0 aromatic heterocycles. The predicted octanol–water partition coefficient (Wildman–Crippen LogP) is 1.46. The van der Waals surface area contributed by atoms with Gasteiger partial charge in [-0.1, -0.05) is 43.7 Å². The Hall–Kier alpha value is -1.40. The molecular formula is C18H26N2O3S. The van der Waals surface area contributed by atoms with Gasteiger partial charge in [0.05, 0.1) is 17.5 Å². The molecule has 2 aliphatic heterocycles. The van der Waals surface area contributed by atoms with Crippen LogP contribution in [0.5, 0.6) is 0 Å². The van der Waals surface area contributed by atoms with Crippen LogP contribution < -0.4 is 0 Å². The number of hydrogen-bond acceptors (Lipinski definition) is 4. The van der Waals surface area contributed by atoms with E-state index in [2.05, 4.69) is 36.1 Å². The Morgan fingerprint density at radius 1 is 1.12 bits per heavy atom. The Bertz CT molecular complexity index is 712. The molecule has 2 atom stereocenters. The van der Waals surface area contributed by atoms with E-state index in [9.17, 15) is 13.2 Å². The molecule has 1 aromatic rings. The third-order valence-corrected chi connectivity index (χ3v) is 6.77. The highest BCUT2D eigenvalue weighted by Crippen LogP contribution is 2.29. The summed E-state index contributed by atoms with van der Waals surface area (Å²) >= 11 is 0. The molecule has 1 aromatic carbocycles. The molecule has 2 fully saturated rings. The molecule has 5 nitrogen and oxygen atoms in total. The molecule has 2 aliphatic rings. The van der Waals surface area contributed by atoms with E-state index < -0.39 is 9.84 Å². The number of benzene rings is 1. The number of piperazine rings is 1. The number of amides is 1. The van der Waals surface area contributed by atoms with E-state index in [0.29, 0.717) is 6.54 Å². The predicted molar refractivity (Wildman–Crippen MR) is 94.4 cm³/mol. The highest BCUT2D eigenvalue weighted by Gasteiger charge is 2.48. The summed E-state index contributed by atoms with van der Waals surface area (Å²) in [6.07, 6.45) is 0. The molecule has 2 saturated heterocycles. The fourth-order valence-electron chi connectivity index (χ4n) is 3.75. The number of carbonyl (C=O) groups excluding carboxylic acids is 1. The van der Waals surface area contributed by atoms with Gasteiger partial charge in [0, 0.05) is 31.6 Å². The van der Waals surface area contributed by atoms with Crippen LogP contribution in [0.1, 0.15) is 25.0 Å². The summed E-state index contributed by atoms with van der Waals surface area (Å²) in [6.45, 7) is 7.88. The van der Waals surface area contributed by atoms with Crippen LogP contribution >= 0.6 is 0 Å². The van der Waals surface area contributed by atoms with Crippen molar-refractivity contribution in [1.29, 1.82) is 0 Å². The van der Waals surface area contributed by atoms with Gasteiger partial charge in [-0.3, -0.25) is 9.69 Å². The summed E-state index contributed by atoms with van der Waals surface area (Å²) in [5.74, 6) is 0.223. The first-order valence-electron chi connectivity index (χ1n) is 8.57. The van der Waals surface area contributed by atoms with Gasteiger partial charge in [0.1, 0.15) is 0 Å². The molecule has 24 heavy (non-hydrogen) atoms. The number of carbonyl (C=O) groups is 1. The van der Waals surface area contributed by atoms with Gasteiger partial charge in [-0.25, -0.2) is 8.42 Å². The third-order valence-electron chi connectivity index (χ3n) is 5.07. The van der Waals surface area contributed by atoms with Gasteiger partial charge in [0.25, 0.3) is 0 Å². The number of aryl methyl sites for hydroxylation is 1. The molecule has 0 spiro atoms. The van der Waals surface area contributed by atoms with Gasteiger partial charge in [-0.2, -0.15) is 0 Å². The highest BCUT2D eigenvalue weighted by atomic mass is 32.2. The number of rotatable bonds is 3. The maximum atomic E-state index is 12.5. The van der Waals surface area contributed by atoms with Gasteiger partial charge >= 0.3 is 0 Å². The Balaban J connectivity index is 1.81. The van der Waals surface area contributed by atoms with Crippen LogP contribution in [0.25, 0.3) is 0 Å². The van der Waals surface area contributed by atoms with E-state index in [-0.39, 0.29) is 35.4 Å². The van der Waals surface area contributed by atoms with Crippen LogP contribution in [0.4, 0.5) is 0 Å². The molecule has 3 rings (SSSR count). The zero-order valence-corrected chi connectivity index (χ0v) is 15.4. The first-order valence-corrected chi connectivity index (χ1v) is 10.4. The van der Waals surface area contributed by atoms with Gasteiger partial charge in [0.15, 0.2) is 9.84 Å². The fourth-order valence-corrected chi connectivity index (χ4v) is 5.77. The number of sulfone groups is 1. The Morgan fingerprint density at radius 3 is 2.38 bits per heavy atom. The minimum atomic E-state index is -3.09. The Kier molecular flexibility index (Phi) is 4.71. The first-order chi connectivity index (χ1) is 11.3. The molecule has 0 radical (unpaired) electrons. The molecule has 6 heteroatoms. The lowest BCUT2D eigenvalue weighted by Gasteiger charge is -2.44. The molecule has 0 saturated carbocycles. The summed E-state index contributed by atoms with van der Waals surface area (Å²) in [6, 6.07) is 8.06. The second kappa shape index (κ2) is 6.48. The van der Waals surface area contributed by atoms with Crippen LogP contribution in [0.2, 0.25) is 0 Å². The maximum absolute atomic E-state index is 12.5. The quantitative estimate of drug-likeness (QED) is 0.828. The van der Waals surface area contributed by atoms with Crippen molar-refractivity contribution < 1.29 is 13.2 Å². The highest BCUT2D eigenvalue weighted by molar-refractivity contribution is 7.91. The van der Waals surface area contributed by atoms with Crippen molar-refractivity contribution in [1.82, 2.24) is 9.80 Å². The van der Waals surface area contributed by atoms with E-state index >= 15 is 0 Å².